The van der Waals surface area contributed by atoms with Crippen molar-refractivity contribution >= 4 is 0 Å². The SMILES string of the molecule is Fc1c(F)c(F)c(-n2c[n+]3c(n2)CC[C@@H]3C2CCCCC2)c(F)c1F. The lowest BCUT2D eigenvalue weighted by molar-refractivity contribution is -0.724. The van der Waals surface area contributed by atoms with Gasteiger partial charge in [0.05, 0.1) is 6.04 Å². The highest BCUT2D eigenvalue weighted by molar-refractivity contribution is 5.36. The summed E-state index contributed by atoms with van der Waals surface area (Å²) in [6, 6.07) is 0.172. The molecule has 0 saturated heterocycles. The van der Waals surface area contributed by atoms with E-state index in [9.17, 15) is 22.0 Å². The van der Waals surface area contributed by atoms with E-state index in [0.717, 1.165) is 36.8 Å². The molecule has 0 N–H and O–H groups in total. The van der Waals surface area contributed by atoms with Crippen LogP contribution in [-0.4, -0.2) is 9.78 Å². The van der Waals surface area contributed by atoms with Crippen LogP contribution in [0.15, 0.2) is 6.33 Å². The molecule has 1 atom stereocenters. The van der Waals surface area contributed by atoms with Crippen LogP contribution in [0.3, 0.4) is 0 Å². The molecule has 0 unspecified atom stereocenters. The largest absolute Gasteiger partial charge is 0.278 e. The molecule has 2 heterocycles. The summed E-state index contributed by atoms with van der Waals surface area (Å²) in [7, 11) is 0. The Morgan fingerprint density at radius 1 is 0.840 bits per heavy atom. The van der Waals surface area contributed by atoms with E-state index >= 15 is 0 Å². The van der Waals surface area contributed by atoms with Crippen LogP contribution in [0.2, 0.25) is 0 Å². The van der Waals surface area contributed by atoms with Gasteiger partial charge in [-0.15, -0.1) is 0 Å². The van der Waals surface area contributed by atoms with Crippen LogP contribution in [0, 0.1) is 35.0 Å². The van der Waals surface area contributed by atoms with Crippen LogP contribution in [0.5, 0.6) is 0 Å². The van der Waals surface area contributed by atoms with E-state index in [0.29, 0.717) is 18.2 Å². The minimum atomic E-state index is -2.16. The van der Waals surface area contributed by atoms with Crippen molar-refractivity contribution in [1.82, 2.24) is 9.78 Å². The molecule has 8 heteroatoms. The number of nitrogens with zero attached hydrogens (tertiary/aromatic N) is 3. The maximum atomic E-state index is 14.0. The first-order valence-electron chi connectivity index (χ1n) is 8.50. The van der Waals surface area contributed by atoms with Crippen molar-refractivity contribution < 1.29 is 26.5 Å². The lowest BCUT2D eigenvalue weighted by Gasteiger charge is -2.26. The Balaban J connectivity index is 1.75. The summed E-state index contributed by atoms with van der Waals surface area (Å²) >= 11 is 0. The first-order valence-corrected chi connectivity index (χ1v) is 8.50. The summed E-state index contributed by atoms with van der Waals surface area (Å²) in [5, 5.41) is 4.08. The third kappa shape index (κ3) is 2.53. The Morgan fingerprint density at radius 3 is 2.08 bits per heavy atom. The third-order valence-corrected chi connectivity index (χ3v) is 5.39. The predicted octanol–water partition coefficient (Wildman–Crippen LogP) is 3.92. The van der Waals surface area contributed by atoms with Crippen molar-refractivity contribution in [2.24, 2.45) is 5.92 Å². The molecule has 2 aliphatic rings. The van der Waals surface area contributed by atoms with Crippen molar-refractivity contribution in [2.45, 2.75) is 51.0 Å². The van der Waals surface area contributed by atoms with E-state index in [2.05, 4.69) is 5.10 Å². The number of fused-ring (bicyclic) bond motifs is 1. The third-order valence-electron chi connectivity index (χ3n) is 5.39. The number of aromatic nitrogens is 3. The molecule has 1 aromatic heterocycles. The fraction of sp³-hybridized carbons (Fsp3) is 0.529. The molecule has 0 bridgehead atoms. The van der Waals surface area contributed by atoms with Gasteiger partial charge >= 0.3 is 0 Å². The van der Waals surface area contributed by atoms with Gasteiger partial charge in [0, 0.05) is 11.5 Å². The average Bonchev–Trinajstić information content (AvgIpc) is 3.20. The van der Waals surface area contributed by atoms with Crippen LogP contribution >= 0.6 is 0 Å². The molecular formula is C17H17F5N3+. The van der Waals surface area contributed by atoms with E-state index in [1.54, 1.807) is 0 Å². The van der Waals surface area contributed by atoms with Gasteiger partial charge in [-0.1, -0.05) is 23.9 Å². The number of aryl methyl sites for hydroxylation is 1. The number of hydrogen-bond donors (Lipinski definition) is 0. The summed E-state index contributed by atoms with van der Waals surface area (Å²) < 4.78 is 70.8. The minimum Gasteiger partial charge on any atom is -0.231 e. The quantitative estimate of drug-likeness (QED) is 0.345. The van der Waals surface area contributed by atoms with E-state index in [4.69, 9.17) is 0 Å². The molecule has 2 aromatic rings. The summed E-state index contributed by atoms with van der Waals surface area (Å²) in [5.41, 5.74) is -1.03. The molecule has 0 radical (unpaired) electrons. The van der Waals surface area contributed by atoms with Crippen LogP contribution < -0.4 is 4.57 Å². The van der Waals surface area contributed by atoms with Gasteiger partial charge in [0.1, 0.15) is 0 Å². The molecule has 1 fully saturated rings. The molecule has 3 nitrogen and oxygen atoms in total. The molecule has 134 valence electrons. The zero-order chi connectivity index (χ0) is 17.7. The highest BCUT2D eigenvalue weighted by Gasteiger charge is 2.39. The molecule has 1 saturated carbocycles. The van der Waals surface area contributed by atoms with E-state index in [-0.39, 0.29) is 6.04 Å². The van der Waals surface area contributed by atoms with Crippen molar-refractivity contribution in [3.05, 3.63) is 41.2 Å². The summed E-state index contributed by atoms with van der Waals surface area (Å²) in [6.45, 7) is 0. The standard InChI is InChI=1S/C17H17F5N3/c18-12-13(19)15(21)17(16(22)14(12)20)25-8-24-10(6-7-11(24)23-25)9-4-2-1-3-5-9/h8-10H,1-7H2/q+1/t10-/m1/s1. The molecule has 0 amide bonds. The zero-order valence-electron chi connectivity index (χ0n) is 13.4. The van der Waals surface area contributed by atoms with Crippen molar-refractivity contribution in [1.29, 1.82) is 0 Å². The molecule has 1 aliphatic carbocycles. The Labute approximate surface area is 141 Å². The highest BCUT2D eigenvalue weighted by atomic mass is 19.2. The Hall–Kier alpha value is -1.99. The maximum Gasteiger partial charge on any atom is 0.278 e. The van der Waals surface area contributed by atoms with Crippen LogP contribution in [0.1, 0.15) is 50.4 Å². The fourth-order valence-electron chi connectivity index (χ4n) is 4.14. The number of rotatable bonds is 2. The molecule has 0 spiro atoms. The van der Waals surface area contributed by atoms with Gasteiger partial charge in [-0.3, -0.25) is 0 Å². The van der Waals surface area contributed by atoms with Crippen LogP contribution in [0.4, 0.5) is 22.0 Å². The van der Waals surface area contributed by atoms with Crippen molar-refractivity contribution in [3.8, 4) is 5.69 Å². The van der Waals surface area contributed by atoms with Gasteiger partial charge in [-0.25, -0.2) is 17.7 Å². The van der Waals surface area contributed by atoms with Crippen molar-refractivity contribution in [2.75, 3.05) is 0 Å². The minimum absolute atomic E-state index is 0.172. The Kier molecular flexibility index (Phi) is 4.00. The first kappa shape index (κ1) is 16.5. The zero-order valence-corrected chi connectivity index (χ0v) is 13.4. The summed E-state index contributed by atoms with van der Waals surface area (Å²) in [6.07, 6.45) is 8.58. The number of hydrogen-bond acceptors (Lipinski definition) is 1. The second-order valence-corrected chi connectivity index (χ2v) is 6.81. The Bertz CT molecular complexity index is 797. The Morgan fingerprint density at radius 2 is 1.44 bits per heavy atom. The fourth-order valence-corrected chi connectivity index (χ4v) is 4.14. The van der Waals surface area contributed by atoms with E-state index in [1.165, 1.54) is 12.7 Å². The molecule has 25 heavy (non-hydrogen) atoms. The monoisotopic (exact) mass is 358 g/mol. The molecule has 1 aromatic carbocycles. The predicted molar refractivity (Wildman–Crippen MR) is 77.5 cm³/mol. The van der Waals surface area contributed by atoms with Crippen LogP contribution in [0.25, 0.3) is 5.69 Å². The molecule has 1 aliphatic heterocycles. The average molecular weight is 358 g/mol. The van der Waals surface area contributed by atoms with Gasteiger partial charge < -0.3 is 0 Å². The number of benzene rings is 1. The van der Waals surface area contributed by atoms with Gasteiger partial charge in [0.15, 0.2) is 0 Å². The topological polar surface area (TPSA) is 21.7 Å². The summed E-state index contributed by atoms with van der Waals surface area (Å²) in [4.78, 5) is 0. The lowest BCUT2D eigenvalue weighted by atomic mass is 9.83. The molecule has 4 rings (SSSR count). The van der Waals surface area contributed by atoms with Gasteiger partial charge in [-0.05, 0) is 25.2 Å². The second-order valence-electron chi connectivity index (χ2n) is 6.81. The smallest absolute Gasteiger partial charge is 0.231 e. The maximum absolute atomic E-state index is 14.0. The lowest BCUT2D eigenvalue weighted by Crippen LogP contribution is -2.41. The van der Waals surface area contributed by atoms with Gasteiger partial charge in [0.25, 0.3) is 5.82 Å². The number of halogens is 5. The second kappa shape index (κ2) is 6.07. The summed E-state index contributed by atoms with van der Waals surface area (Å²) in [5.74, 6) is -8.74. The highest BCUT2D eigenvalue weighted by Crippen LogP contribution is 2.35. The van der Waals surface area contributed by atoms with Gasteiger partial charge in [-0.2, -0.15) is 8.78 Å². The normalized spacial score (nSPS) is 20.9. The van der Waals surface area contributed by atoms with Crippen molar-refractivity contribution in [3.63, 3.8) is 0 Å². The molecular weight excluding hydrogens is 341 g/mol. The van der Waals surface area contributed by atoms with E-state index in [1.807, 2.05) is 4.57 Å². The first-order chi connectivity index (χ1) is 12.0. The van der Waals surface area contributed by atoms with E-state index < -0.39 is 34.8 Å². The van der Waals surface area contributed by atoms with Crippen LogP contribution in [-0.2, 0) is 6.42 Å². The van der Waals surface area contributed by atoms with Gasteiger partial charge in [0.2, 0.25) is 41.1 Å².